The molecule has 0 fully saturated rings. The molecule has 0 aromatic heterocycles. The van der Waals surface area contributed by atoms with Crippen LogP contribution in [0.25, 0.3) is 0 Å². The zero-order valence-corrected chi connectivity index (χ0v) is 14.8. The van der Waals surface area contributed by atoms with Crippen molar-refractivity contribution in [2.45, 2.75) is 40.2 Å². The lowest BCUT2D eigenvalue weighted by molar-refractivity contribution is 0.0952. The smallest absolute Gasteiger partial charge is 0.251 e. The van der Waals surface area contributed by atoms with E-state index >= 15 is 0 Å². The van der Waals surface area contributed by atoms with E-state index in [1.807, 2.05) is 45.9 Å². The maximum atomic E-state index is 12.1. The largest absolute Gasteiger partial charge is 0.352 e. The van der Waals surface area contributed by atoms with E-state index in [0.29, 0.717) is 25.1 Å². The molecule has 0 aliphatic carbocycles. The van der Waals surface area contributed by atoms with E-state index in [0.717, 1.165) is 11.1 Å². The molecule has 0 radical (unpaired) electrons. The highest BCUT2D eigenvalue weighted by molar-refractivity contribution is 7.88. The van der Waals surface area contributed by atoms with Crippen molar-refractivity contribution in [3.8, 4) is 0 Å². The van der Waals surface area contributed by atoms with Gasteiger partial charge >= 0.3 is 0 Å². The highest BCUT2D eigenvalue weighted by Crippen LogP contribution is 2.10. The predicted molar refractivity (Wildman–Crippen MR) is 89.6 cm³/mol. The Balaban J connectivity index is 2.52. The van der Waals surface area contributed by atoms with Crippen LogP contribution in [0.2, 0.25) is 0 Å². The lowest BCUT2D eigenvalue weighted by Crippen LogP contribution is -2.38. The van der Waals surface area contributed by atoms with E-state index in [9.17, 15) is 13.2 Å². The van der Waals surface area contributed by atoms with Gasteiger partial charge in [0.05, 0.1) is 6.26 Å². The molecule has 1 amide bonds. The Hall–Kier alpha value is -1.40. The van der Waals surface area contributed by atoms with Crippen LogP contribution in [0, 0.1) is 13.8 Å². The Morgan fingerprint density at radius 2 is 1.91 bits per heavy atom. The summed E-state index contributed by atoms with van der Waals surface area (Å²) in [6.07, 6.45) is 1.79. The zero-order valence-electron chi connectivity index (χ0n) is 14.0. The average Bonchev–Trinajstić information content (AvgIpc) is 2.35. The van der Waals surface area contributed by atoms with Gasteiger partial charge in [-0.15, -0.1) is 0 Å². The van der Waals surface area contributed by atoms with Crippen LogP contribution in [-0.2, 0) is 10.0 Å². The number of sulfonamides is 1. The van der Waals surface area contributed by atoms with Crippen LogP contribution in [0.15, 0.2) is 18.2 Å². The van der Waals surface area contributed by atoms with E-state index in [4.69, 9.17) is 0 Å². The van der Waals surface area contributed by atoms with Crippen molar-refractivity contribution in [1.82, 2.24) is 9.62 Å². The van der Waals surface area contributed by atoms with Crippen LogP contribution in [0.1, 0.15) is 41.8 Å². The summed E-state index contributed by atoms with van der Waals surface area (Å²) < 4.78 is 24.7. The predicted octanol–water partition coefficient (Wildman–Crippen LogP) is 2.09. The number of hydrogen-bond acceptors (Lipinski definition) is 3. The van der Waals surface area contributed by atoms with E-state index in [-0.39, 0.29) is 11.9 Å². The first-order valence-electron chi connectivity index (χ1n) is 7.45. The molecule has 1 rings (SSSR count). The zero-order chi connectivity index (χ0) is 16.9. The molecule has 124 valence electrons. The minimum atomic E-state index is -3.21. The number of carbonyl (C=O) groups is 1. The molecule has 1 aromatic carbocycles. The van der Waals surface area contributed by atoms with Crippen molar-refractivity contribution in [1.29, 1.82) is 0 Å². The monoisotopic (exact) mass is 326 g/mol. The molecular formula is C16H26N2O3S. The number of nitrogens with one attached hydrogen (secondary N) is 1. The number of carbonyl (C=O) groups excluding carboxylic acids is 1. The van der Waals surface area contributed by atoms with Crippen molar-refractivity contribution < 1.29 is 13.2 Å². The molecule has 0 aliphatic heterocycles. The molecule has 0 saturated heterocycles. The summed E-state index contributed by atoms with van der Waals surface area (Å²) in [6.45, 7) is 8.44. The molecule has 0 heterocycles. The number of rotatable bonds is 7. The first-order chi connectivity index (χ1) is 10.1. The van der Waals surface area contributed by atoms with Crippen LogP contribution in [0.5, 0.6) is 0 Å². The summed E-state index contributed by atoms with van der Waals surface area (Å²) >= 11 is 0. The SMILES string of the molecule is Cc1ccc(C(=O)NCCCN(C(C)C)S(C)(=O)=O)c(C)c1. The first kappa shape index (κ1) is 18.6. The lowest BCUT2D eigenvalue weighted by Gasteiger charge is -2.23. The molecule has 6 heteroatoms. The van der Waals surface area contributed by atoms with Gasteiger partial charge in [-0.3, -0.25) is 4.79 Å². The van der Waals surface area contributed by atoms with Gasteiger partial charge in [0.15, 0.2) is 0 Å². The average molecular weight is 326 g/mol. The summed E-state index contributed by atoms with van der Waals surface area (Å²) in [4.78, 5) is 12.1. The van der Waals surface area contributed by atoms with Crippen molar-refractivity contribution in [3.05, 3.63) is 34.9 Å². The maximum Gasteiger partial charge on any atom is 0.251 e. The molecule has 0 bridgehead atoms. The minimum Gasteiger partial charge on any atom is -0.352 e. The molecule has 0 unspecified atom stereocenters. The van der Waals surface area contributed by atoms with Gasteiger partial charge in [0.25, 0.3) is 5.91 Å². The quantitative estimate of drug-likeness (QED) is 0.780. The van der Waals surface area contributed by atoms with Gasteiger partial charge in [0, 0.05) is 24.7 Å². The van der Waals surface area contributed by atoms with Gasteiger partial charge < -0.3 is 5.32 Å². The van der Waals surface area contributed by atoms with Crippen molar-refractivity contribution in [2.24, 2.45) is 0 Å². The normalized spacial score (nSPS) is 12.0. The Bertz CT molecular complexity index is 624. The van der Waals surface area contributed by atoms with Gasteiger partial charge in [-0.2, -0.15) is 4.31 Å². The molecule has 22 heavy (non-hydrogen) atoms. The second-order valence-corrected chi connectivity index (χ2v) is 7.83. The number of hydrogen-bond donors (Lipinski definition) is 1. The number of benzene rings is 1. The van der Waals surface area contributed by atoms with Crippen LogP contribution in [-0.4, -0.2) is 44.0 Å². The van der Waals surface area contributed by atoms with E-state index in [1.165, 1.54) is 10.6 Å². The summed E-state index contributed by atoms with van der Waals surface area (Å²) in [5, 5.41) is 2.84. The number of amides is 1. The van der Waals surface area contributed by atoms with Gasteiger partial charge in [0.1, 0.15) is 0 Å². The standard InChI is InChI=1S/C16H26N2O3S/c1-12(2)18(22(5,20)21)10-6-9-17-16(19)15-8-7-13(3)11-14(15)4/h7-8,11-12H,6,9-10H2,1-5H3,(H,17,19). The highest BCUT2D eigenvalue weighted by Gasteiger charge is 2.19. The number of aryl methyl sites for hydroxylation is 2. The summed E-state index contributed by atoms with van der Waals surface area (Å²) in [5.41, 5.74) is 2.72. The second kappa shape index (κ2) is 7.74. The molecule has 0 aliphatic rings. The third-order valence-electron chi connectivity index (χ3n) is 3.47. The van der Waals surface area contributed by atoms with Crippen molar-refractivity contribution in [2.75, 3.05) is 19.3 Å². The second-order valence-electron chi connectivity index (χ2n) is 5.90. The molecule has 0 spiro atoms. The van der Waals surface area contributed by atoms with Crippen LogP contribution < -0.4 is 5.32 Å². The molecule has 0 saturated carbocycles. The van der Waals surface area contributed by atoms with Gasteiger partial charge in [-0.1, -0.05) is 17.7 Å². The third-order valence-corrected chi connectivity index (χ3v) is 4.93. The molecule has 5 nitrogen and oxygen atoms in total. The minimum absolute atomic E-state index is 0.0787. The first-order valence-corrected chi connectivity index (χ1v) is 9.30. The highest BCUT2D eigenvalue weighted by atomic mass is 32.2. The molecular weight excluding hydrogens is 300 g/mol. The van der Waals surface area contributed by atoms with Crippen molar-refractivity contribution in [3.63, 3.8) is 0 Å². The fourth-order valence-corrected chi connectivity index (χ4v) is 3.63. The van der Waals surface area contributed by atoms with Crippen LogP contribution in [0.3, 0.4) is 0 Å². The molecule has 1 N–H and O–H groups in total. The number of nitrogens with zero attached hydrogens (tertiary/aromatic N) is 1. The Morgan fingerprint density at radius 1 is 1.27 bits per heavy atom. The summed E-state index contributed by atoms with van der Waals surface area (Å²) in [5.74, 6) is -0.118. The molecule has 1 aromatic rings. The van der Waals surface area contributed by atoms with Crippen LogP contribution >= 0.6 is 0 Å². The van der Waals surface area contributed by atoms with E-state index < -0.39 is 10.0 Å². The van der Waals surface area contributed by atoms with E-state index in [2.05, 4.69) is 5.32 Å². The fourth-order valence-electron chi connectivity index (χ4n) is 2.41. The van der Waals surface area contributed by atoms with Gasteiger partial charge in [0.2, 0.25) is 10.0 Å². The molecule has 0 atom stereocenters. The lowest BCUT2D eigenvalue weighted by atomic mass is 10.1. The Morgan fingerprint density at radius 3 is 2.41 bits per heavy atom. The van der Waals surface area contributed by atoms with Gasteiger partial charge in [-0.05, 0) is 45.7 Å². The van der Waals surface area contributed by atoms with Crippen LogP contribution in [0.4, 0.5) is 0 Å². The summed E-state index contributed by atoms with van der Waals surface area (Å²) in [6, 6.07) is 5.62. The van der Waals surface area contributed by atoms with E-state index in [1.54, 1.807) is 0 Å². The maximum absolute atomic E-state index is 12.1. The Labute approximate surface area is 133 Å². The topological polar surface area (TPSA) is 66.5 Å². The van der Waals surface area contributed by atoms with Crippen molar-refractivity contribution >= 4 is 15.9 Å². The Kier molecular flexibility index (Phi) is 6.56. The third kappa shape index (κ3) is 5.42. The fraction of sp³-hybridized carbons (Fsp3) is 0.562. The van der Waals surface area contributed by atoms with Gasteiger partial charge in [-0.25, -0.2) is 8.42 Å². The summed E-state index contributed by atoms with van der Waals surface area (Å²) in [7, 11) is -3.21.